The number of aliphatic hydroxyl groups excluding tert-OH is 1. The van der Waals surface area contributed by atoms with Gasteiger partial charge in [0.2, 0.25) is 0 Å². The van der Waals surface area contributed by atoms with Gasteiger partial charge in [0.05, 0.1) is 6.10 Å². The monoisotopic (exact) mass is 231 g/mol. The van der Waals surface area contributed by atoms with E-state index in [1.807, 2.05) is 0 Å². The quantitative estimate of drug-likeness (QED) is 0.864. The van der Waals surface area contributed by atoms with Crippen LogP contribution in [0.2, 0.25) is 0 Å². The molecule has 1 aliphatic heterocycles. The van der Waals surface area contributed by atoms with Crippen LogP contribution >= 0.6 is 0 Å². The summed E-state index contributed by atoms with van der Waals surface area (Å²) in [5.41, 5.74) is 2.77. The van der Waals surface area contributed by atoms with Crippen LogP contribution in [0, 0.1) is 5.92 Å². The van der Waals surface area contributed by atoms with Crippen LogP contribution in [0.3, 0.4) is 0 Å². The predicted octanol–water partition coefficient (Wildman–Crippen LogP) is 2.60. The summed E-state index contributed by atoms with van der Waals surface area (Å²) in [7, 11) is 0. The number of β-amino-alcohol motifs (C(OH)–C–C–N with tert-alkyl or cyclic N) is 1. The van der Waals surface area contributed by atoms with Gasteiger partial charge < -0.3 is 10.0 Å². The highest BCUT2D eigenvalue weighted by Crippen LogP contribution is 2.31. The molecule has 1 aromatic rings. The zero-order valence-electron chi connectivity index (χ0n) is 10.3. The first-order valence-corrected chi connectivity index (χ1v) is 6.85. The normalized spacial score (nSPS) is 21.8. The SMILES string of the molecule is OC(CN1CCc2ccccc21)C1CCCC1. The van der Waals surface area contributed by atoms with Gasteiger partial charge in [0.25, 0.3) is 0 Å². The van der Waals surface area contributed by atoms with Crippen molar-refractivity contribution < 1.29 is 5.11 Å². The molecule has 1 aromatic carbocycles. The lowest BCUT2D eigenvalue weighted by atomic mass is 10.0. The average Bonchev–Trinajstić information content (AvgIpc) is 2.98. The fraction of sp³-hybridized carbons (Fsp3) is 0.600. The lowest BCUT2D eigenvalue weighted by Crippen LogP contribution is -2.34. The van der Waals surface area contributed by atoms with Crippen LogP contribution in [0.15, 0.2) is 24.3 Å². The zero-order chi connectivity index (χ0) is 11.7. The lowest BCUT2D eigenvalue weighted by Gasteiger charge is -2.26. The van der Waals surface area contributed by atoms with Crippen molar-refractivity contribution >= 4 is 5.69 Å². The molecule has 0 saturated heterocycles. The Hall–Kier alpha value is -1.02. The maximum absolute atomic E-state index is 10.3. The maximum atomic E-state index is 10.3. The van der Waals surface area contributed by atoms with Gasteiger partial charge >= 0.3 is 0 Å². The Bertz CT molecular complexity index is 384. The van der Waals surface area contributed by atoms with E-state index in [1.165, 1.54) is 36.9 Å². The molecule has 92 valence electrons. The Balaban J connectivity index is 1.66. The molecule has 1 N–H and O–H groups in total. The largest absolute Gasteiger partial charge is 0.391 e. The van der Waals surface area contributed by atoms with Crippen LogP contribution in [0.5, 0.6) is 0 Å². The van der Waals surface area contributed by atoms with Gasteiger partial charge in [-0.2, -0.15) is 0 Å². The first kappa shape index (κ1) is 11.1. The van der Waals surface area contributed by atoms with E-state index in [1.54, 1.807) is 0 Å². The second-order valence-electron chi connectivity index (χ2n) is 5.44. The van der Waals surface area contributed by atoms with E-state index in [4.69, 9.17) is 0 Å². The van der Waals surface area contributed by atoms with Gasteiger partial charge in [-0.3, -0.25) is 0 Å². The molecular formula is C15H21NO. The molecule has 1 fully saturated rings. The maximum Gasteiger partial charge on any atom is 0.0743 e. The summed E-state index contributed by atoms with van der Waals surface area (Å²) >= 11 is 0. The van der Waals surface area contributed by atoms with Gasteiger partial charge in [-0.05, 0) is 36.8 Å². The summed E-state index contributed by atoms with van der Waals surface area (Å²) in [6, 6.07) is 8.59. The number of rotatable bonds is 3. The second kappa shape index (κ2) is 4.69. The van der Waals surface area contributed by atoms with Crippen molar-refractivity contribution in [3.8, 4) is 0 Å². The van der Waals surface area contributed by atoms with Gasteiger partial charge in [0.15, 0.2) is 0 Å². The summed E-state index contributed by atoms with van der Waals surface area (Å²) in [5.74, 6) is 0.544. The molecule has 0 aromatic heterocycles. The molecule has 1 atom stereocenters. The van der Waals surface area contributed by atoms with E-state index >= 15 is 0 Å². The van der Waals surface area contributed by atoms with E-state index in [2.05, 4.69) is 29.2 Å². The molecule has 2 heteroatoms. The van der Waals surface area contributed by atoms with Crippen LogP contribution in [0.25, 0.3) is 0 Å². The fourth-order valence-corrected chi connectivity index (χ4v) is 3.31. The minimum absolute atomic E-state index is 0.136. The summed E-state index contributed by atoms with van der Waals surface area (Å²) in [5, 5.41) is 10.3. The van der Waals surface area contributed by atoms with E-state index in [9.17, 15) is 5.11 Å². The molecule has 0 radical (unpaired) electrons. The second-order valence-corrected chi connectivity index (χ2v) is 5.44. The molecule has 17 heavy (non-hydrogen) atoms. The standard InChI is InChI=1S/C15H21NO/c17-15(13-6-1-2-7-13)11-16-10-9-12-5-3-4-8-14(12)16/h3-5,8,13,15,17H,1-2,6-7,9-11H2. The number of anilines is 1. The van der Waals surface area contributed by atoms with E-state index in [0.717, 1.165) is 19.5 Å². The van der Waals surface area contributed by atoms with Crippen LogP contribution in [0.4, 0.5) is 5.69 Å². The molecule has 2 nitrogen and oxygen atoms in total. The third-order valence-electron chi connectivity index (χ3n) is 4.33. The Morgan fingerprint density at radius 3 is 2.82 bits per heavy atom. The topological polar surface area (TPSA) is 23.5 Å². The highest BCUT2D eigenvalue weighted by molar-refractivity contribution is 5.57. The van der Waals surface area contributed by atoms with Crippen molar-refractivity contribution in [2.45, 2.75) is 38.2 Å². The minimum Gasteiger partial charge on any atom is -0.391 e. The molecule has 1 saturated carbocycles. The summed E-state index contributed by atoms with van der Waals surface area (Å²) in [4.78, 5) is 2.36. The molecule has 1 unspecified atom stereocenters. The lowest BCUT2D eigenvalue weighted by molar-refractivity contribution is 0.117. The minimum atomic E-state index is -0.136. The Labute approximate surface area is 103 Å². The van der Waals surface area contributed by atoms with Gasteiger partial charge in [-0.15, -0.1) is 0 Å². The van der Waals surface area contributed by atoms with Gasteiger partial charge in [0.1, 0.15) is 0 Å². The number of hydrogen-bond donors (Lipinski definition) is 1. The van der Waals surface area contributed by atoms with Crippen LogP contribution in [-0.2, 0) is 6.42 Å². The molecule has 0 spiro atoms. The van der Waals surface area contributed by atoms with Crippen molar-refractivity contribution in [3.05, 3.63) is 29.8 Å². The van der Waals surface area contributed by atoms with Crippen LogP contribution in [-0.4, -0.2) is 24.3 Å². The third kappa shape index (κ3) is 2.19. The third-order valence-corrected chi connectivity index (χ3v) is 4.33. The smallest absolute Gasteiger partial charge is 0.0743 e. The van der Waals surface area contributed by atoms with E-state index < -0.39 is 0 Å². The fourth-order valence-electron chi connectivity index (χ4n) is 3.31. The highest BCUT2D eigenvalue weighted by atomic mass is 16.3. The van der Waals surface area contributed by atoms with Crippen molar-refractivity contribution in [2.24, 2.45) is 5.92 Å². The highest BCUT2D eigenvalue weighted by Gasteiger charge is 2.27. The number of fused-ring (bicyclic) bond motifs is 1. The molecule has 0 bridgehead atoms. The van der Waals surface area contributed by atoms with Crippen LogP contribution < -0.4 is 4.90 Å². The van der Waals surface area contributed by atoms with Gasteiger partial charge in [-0.1, -0.05) is 31.0 Å². The molecule has 1 heterocycles. The Kier molecular flexibility index (Phi) is 3.06. The van der Waals surface area contributed by atoms with Crippen LogP contribution in [0.1, 0.15) is 31.2 Å². The van der Waals surface area contributed by atoms with E-state index in [0.29, 0.717) is 5.92 Å². The van der Waals surface area contributed by atoms with E-state index in [-0.39, 0.29) is 6.10 Å². The zero-order valence-corrected chi connectivity index (χ0v) is 10.3. The van der Waals surface area contributed by atoms with Crippen molar-refractivity contribution in [3.63, 3.8) is 0 Å². The van der Waals surface area contributed by atoms with Crippen molar-refractivity contribution in [1.29, 1.82) is 0 Å². The number of para-hydroxylation sites is 1. The number of hydrogen-bond acceptors (Lipinski definition) is 2. The Morgan fingerprint density at radius 1 is 1.24 bits per heavy atom. The predicted molar refractivity (Wildman–Crippen MR) is 70.3 cm³/mol. The van der Waals surface area contributed by atoms with Crippen molar-refractivity contribution in [1.82, 2.24) is 0 Å². The average molecular weight is 231 g/mol. The summed E-state index contributed by atoms with van der Waals surface area (Å²) in [6.07, 6.45) is 6.04. The number of nitrogens with zero attached hydrogens (tertiary/aromatic N) is 1. The molecule has 0 amide bonds. The number of benzene rings is 1. The van der Waals surface area contributed by atoms with Gasteiger partial charge in [-0.25, -0.2) is 0 Å². The molecule has 2 aliphatic rings. The first-order valence-electron chi connectivity index (χ1n) is 6.85. The number of aliphatic hydroxyl groups is 1. The summed E-state index contributed by atoms with van der Waals surface area (Å²) in [6.45, 7) is 1.89. The molecule has 1 aliphatic carbocycles. The molecule has 3 rings (SSSR count). The first-order chi connectivity index (χ1) is 8.34. The van der Waals surface area contributed by atoms with Crippen molar-refractivity contribution in [2.75, 3.05) is 18.0 Å². The van der Waals surface area contributed by atoms with Gasteiger partial charge in [0, 0.05) is 18.8 Å². The molecular weight excluding hydrogens is 210 g/mol. The summed E-state index contributed by atoms with van der Waals surface area (Å²) < 4.78 is 0. The Morgan fingerprint density at radius 2 is 2.00 bits per heavy atom.